The third-order valence-electron chi connectivity index (χ3n) is 7.05. The van der Waals surface area contributed by atoms with Crippen LogP contribution in [-0.2, 0) is 16.1 Å². The predicted molar refractivity (Wildman–Crippen MR) is 177 cm³/mol. The van der Waals surface area contributed by atoms with Crippen molar-refractivity contribution in [1.82, 2.24) is 4.57 Å². The number of carbonyl (C=O) groups excluding carboxylic acids is 1. The molecular weight excluding hydrogens is 660 g/mol. The van der Waals surface area contributed by atoms with Crippen LogP contribution in [-0.4, -0.2) is 17.1 Å². The Hall–Kier alpha value is -4.24. The van der Waals surface area contributed by atoms with Crippen LogP contribution < -0.4 is 19.6 Å². The van der Waals surface area contributed by atoms with E-state index in [1.54, 1.807) is 11.5 Å². The summed E-state index contributed by atoms with van der Waals surface area (Å²) < 4.78 is 14.4. The van der Waals surface area contributed by atoms with Crippen LogP contribution >= 0.6 is 38.9 Å². The highest BCUT2D eigenvalue weighted by molar-refractivity contribution is 9.10. The first kappa shape index (κ1) is 29.8. The number of hydrogen-bond donors (Lipinski definition) is 0. The second-order valence-electron chi connectivity index (χ2n) is 9.95. The van der Waals surface area contributed by atoms with Gasteiger partial charge >= 0.3 is 5.97 Å². The quantitative estimate of drug-likeness (QED) is 0.166. The zero-order valence-electron chi connectivity index (χ0n) is 23.6. The Morgan fingerprint density at radius 2 is 1.70 bits per heavy atom. The summed E-state index contributed by atoms with van der Waals surface area (Å²) in [7, 11) is 0. The third-order valence-corrected chi connectivity index (χ3v) is 8.90. The number of ether oxygens (including phenoxy) is 2. The van der Waals surface area contributed by atoms with Crippen LogP contribution in [0.4, 0.5) is 0 Å². The van der Waals surface area contributed by atoms with Gasteiger partial charge in [-0.2, -0.15) is 0 Å². The molecule has 1 aliphatic heterocycles. The van der Waals surface area contributed by atoms with Crippen LogP contribution in [0.25, 0.3) is 11.8 Å². The molecule has 220 valence electrons. The third kappa shape index (κ3) is 6.19. The summed E-state index contributed by atoms with van der Waals surface area (Å²) in [6.45, 7) is 2.35. The van der Waals surface area contributed by atoms with E-state index < -0.39 is 12.0 Å². The zero-order valence-corrected chi connectivity index (χ0v) is 26.7. The van der Waals surface area contributed by atoms with Gasteiger partial charge in [-0.1, -0.05) is 102 Å². The average molecular weight is 686 g/mol. The Bertz CT molecular complexity index is 2040. The largest absolute Gasteiger partial charge is 0.488 e. The molecule has 0 amide bonds. The number of thiazole rings is 1. The van der Waals surface area contributed by atoms with Gasteiger partial charge in [-0.15, -0.1) is 0 Å². The molecule has 1 aliphatic rings. The Balaban J connectivity index is 1.44. The Morgan fingerprint density at radius 1 is 1.00 bits per heavy atom. The smallest absolute Gasteiger partial charge is 0.338 e. The lowest BCUT2D eigenvalue weighted by atomic mass is 9.93. The second kappa shape index (κ2) is 13.2. The maximum absolute atomic E-state index is 14.1. The molecule has 5 aromatic rings. The molecule has 0 saturated heterocycles. The van der Waals surface area contributed by atoms with E-state index in [2.05, 4.69) is 15.9 Å². The Kier molecular flexibility index (Phi) is 8.93. The molecule has 0 fully saturated rings. The van der Waals surface area contributed by atoms with Gasteiger partial charge in [0.2, 0.25) is 0 Å². The van der Waals surface area contributed by atoms with Crippen LogP contribution in [0.15, 0.2) is 123 Å². The summed E-state index contributed by atoms with van der Waals surface area (Å²) in [6.07, 6.45) is 1.83. The second-order valence-corrected chi connectivity index (χ2v) is 12.2. The minimum atomic E-state index is -0.709. The molecule has 4 aromatic carbocycles. The average Bonchev–Trinajstić information content (AvgIpc) is 3.35. The number of hydrogen-bond acceptors (Lipinski definition) is 6. The van der Waals surface area contributed by atoms with Crippen LogP contribution in [0.1, 0.15) is 35.2 Å². The van der Waals surface area contributed by atoms with Crippen LogP contribution in [0.2, 0.25) is 5.02 Å². The van der Waals surface area contributed by atoms with Gasteiger partial charge in [-0.3, -0.25) is 9.36 Å². The molecule has 6 rings (SSSR count). The van der Waals surface area contributed by atoms with E-state index in [0.29, 0.717) is 38.0 Å². The molecule has 0 radical (unpaired) electrons. The number of rotatable bonds is 8. The highest BCUT2D eigenvalue weighted by Crippen LogP contribution is 2.35. The van der Waals surface area contributed by atoms with Gasteiger partial charge in [0.15, 0.2) is 4.80 Å². The summed E-state index contributed by atoms with van der Waals surface area (Å²) >= 11 is 10.9. The van der Waals surface area contributed by atoms with Crippen molar-refractivity contribution in [2.45, 2.75) is 19.6 Å². The fourth-order valence-electron chi connectivity index (χ4n) is 5.01. The molecule has 0 bridgehead atoms. The van der Waals surface area contributed by atoms with Crippen molar-refractivity contribution in [3.05, 3.63) is 160 Å². The van der Waals surface area contributed by atoms with Crippen LogP contribution in [0, 0.1) is 0 Å². The monoisotopic (exact) mass is 684 g/mol. The Morgan fingerprint density at radius 3 is 2.39 bits per heavy atom. The van der Waals surface area contributed by atoms with E-state index in [1.807, 2.05) is 109 Å². The topological polar surface area (TPSA) is 69.9 Å². The fourth-order valence-corrected chi connectivity index (χ4v) is 6.65. The lowest BCUT2D eigenvalue weighted by Crippen LogP contribution is -2.39. The standard InChI is InChI=1S/C35H26BrClN2O4S/c1-2-42-34(41)30-31(24-9-5-3-6-10-24)38-35-39(32(30)25-11-7-4-8-12-25)33(40)29(44-35)20-23-15-18-28(27(36)19-23)43-21-22-13-16-26(37)17-14-22/h3-20,32H,2,21H2,1H3/b29-20-/t32-/m0/s1. The van der Waals surface area contributed by atoms with Gasteiger partial charge in [-0.25, -0.2) is 9.79 Å². The lowest BCUT2D eigenvalue weighted by Gasteiger charge is -2.25. The fraction of sp³-hybridized carbons (Fsp3) is 0.114. The summed E-state index contributed by atoms with van der Waals surface area (Å²) in [5.41, 5.74) is 3.95. The van der Waals surface area contributed by atoms with Gasteiger partial charge in [-0.05, 0) is 69.9 Å². The summed E-state index contributed by atoms with van der Waals surface area (Å²) in [5.74, 6) is 0.172. The van der Waals surface area contributed by atoms with Crippen molar-refractivity contribution in [1.29, 1.82) is 0 Å². The maximum Gasteiger partial charge on any atom is 0.338 e. The molecule has 2 heterocycles. The minimum absolute atomic E-state index is 0.199. The first-order valence-electron chi connectivity index (χ1n) is 13.9. The first-order chi connectivity index (χ1) is 21.4. The molecule has 0 aliphatic carbocycles. The molecule has 44 heavy (non-hydrogen) atoms. The predicted octanol–water partition coefficient (Wildman–Crippen LogP) is 6.93. The molecule has 1 atom stereocenters. The zero-order chi connectivity index (χ0) is 30.6. The molecule has 0 unspecified atom stereocenters. The van der Waals surface area contributed by atoms with E-state index in [0.717, 1.165) is 26.7 Å². The first-order valence-corrected chi connectivity index (χ1v) is 15.9. The van der Waals surface area contributed by atoms with Crippen LogP contribution in [0.5, 0.6) is 5.75 Å². The number of esters is 1. The van der Waals surface area contributed by atoms with Gasteiger partial charge in [0.1, 0.15) is 12.4 Å². The van der Waals surface area contributed by atoms with Crippen molar-refractivity contribution in [2.75, 3.05) is 6.61 Å². The number of nitrogens with zero attached hydrogens (tertiary/aromatic N) is 2. The summed E-state index contributed by atoms with van der Waals surface area (Å²) in [4.78, 5) is 33.0. The van der Waals surface area contributed by atoms with Gasteiger partial charge in [0.05, 0.1) is 32.9 Å². The van der Waals surface area contributed by atoms with Gasteiger partial charge < -0.3 is 9.47 Å². The molecule has 1 aromatic heterocycles. The van der Waals surface area contributed by atoms with Crippen molar-refractivity contribution in [2.24, 2.45) is 4.99 Å². The van der Waals surface area contributed by atoms with E-state index in [4.69, 9.17) is 26.1 Å². The number of benzene rings is 4. The van der Waals surface area contributed by atoms with Crippen LogP contribution in [0.3, 0.4) is 0 Å². The maximum atomic E-state index is 14.1. The summed E-state index contributed by atoms with van der Waals surface area (Å²) in [6, 6.07) is 31.5. The number of fused-ring (bicyclic) bond motifs is 1. The van der Waals surface area contributed by atoms with Gasteiger partial charge in [0, 0.05) is 10.6 Å². The van der Waals surface area contributed by atoms with Crippen molar-refractivity contribution >= 4 is 56.6 Å². The molecule has 9 heteroatoms. The molecule has 6 nitrogen and oxygen atoms in total. The van der Waals surface area contributed by atoms with Crippen molar-refractivity contribution < 1.29 is 14.3 Å². The highest BCUT2D eigenvalue weighted by atomic mass is 79.9. The van der Waals surface area contributed by atoms with Gasteiger partial charge in [0.25, 0.3) is 5.56 Å². The summed E-state index contributed by atoms with van der Waals surface area (Å²) in [5, 5.41) is 0.674. The highest BCUT2D eigenvalue weighted by Gasteiger charge is 2.35. The molecule has 0 N–H and O–H groups in total. The van der Waals surface area contributed by atoms with Crippen molar-refractivity contribution in [3.8, 4) is 5.75 Å². The number of halogens is 2. The number of aromatic nitrogens is 1. The van der Waals surface area contributed by atoms with Crippen molar-refractivity contribution in [3.63, 3.8) is 0 Å². The van der Waals surface area contributed by atoms with E-state index in [-0.39, 0.29) is 12.2 Å². The Labute approximate surface area is 271 Å². The normalized spacial score (nSPS) is 14.6. The molecule has 0 saturated carbocycles. The number of carbonyl (C=O) groups is 1. The van der Waals surface area contributed by atoms with E-state index in [1.165, 1.54) is 11.3 Å². The molecular formula is C35H26BrClN2O4S. The SMILES string of the molecule is CCOC(=O)C1=C(c2ccccc2)N=c2s/c(=C\c3ccc(OCc4ccc(Cl)cc4)c(Br)c3)c(=O)n2[C@H]1c1ccccc1. The van der Waals surface area contributed by atoms with E-state index in [9.17, 15) is 9.59 Å². The molecule has 0 spiro atoms. The lowest BCUT2D eigenvalue weighted by molar-refractivity contribution is -0.138. The minimum Gasteiger partial charge on any atom is -0.488 e. The van der Waals surface area contributed by atoms with E-state index >= 15 is 0 Å².